The van der Waals surface area contributed by atoms with Crippen LogP contribution in [0.25, 0.3) is 0 Å². The summed E-state index contributed by atoms with van der Waals surface area (Å²) < 4.78 is 25.1. The van der Waals surface area contributed by atoms with Crippen LogP contribution in [0.5, 0.6) is 0 Å². The molecule has 2 rings (SSSR count). The van der Waals surface area contributed by atoms with Gasteiger partial charge in [0.2, 0.25) is 11.8 Å². The van der Waals surface area contributed by atoms with Crippen molar-refractivity contribution in [1.29, 1.82) is 0 Å². The van der Waals surface area contributed by atoms with Crippen LogP contribution in [0.15, 0.2) is 34.2 Å². The van der Waals surface area contributed by atoms with Gasteiger partial charge >= 0.3 is 5.97 Å². The predicted molar refractivity (Wildman–Crippen MR) is 102 cm³/mol. The standard InChI is InChI=1S/C12H14N2O6S.C3H6N2S/c1-8(15)14-21(19,20)10-4-2-9(3-5-10)13-11(16)6-7-12(17)18;4-3-5-1-2-6-3/h2-5H,6-7H2,1H3,(H,13,16)(H,14,15)(H,17,18);1-2H2,(H2,4,5). The van der Waals surface area contributed by atoms with Gasteiger partial charge in [-0.3, -0.25) is 19.4 Å². The van der Waals surface area contributed by atoms with Gasteiger partial charge in [0.15, 0.2) is 5.17 Å². The molecule has 0 spiro atoms. The average molecular weight is 416 g/mol. The van der Waals surface area contributed by atoms with E-state index in [2.05, 4.69) is 10.3 Å². The van der Waals surface area contributed by atoms with Crippen molar-refractivity contribution < 1.29 is 27.9 Å². The number of nitrogens with one attached hydrogen (secondary N) is 2. The van der Waals surface area contributed by atoms with E-state index in [0.717, 1.165) is 24.4 Å². The average Bonchev–Trinajstić information content (AvgIpc) is 3.04. The van der Waals surface area contributed by atoms with E-state index < -0.39 is 27.8 Å². The van der Waals surface area contributed by atoms with E-state index in [-0.39, 0.29) is 17.7 Å². The summed E-state index contributed by atoms with van der Waals surface area (Å²) >= 11 is 1.62. The normalized spacial score (nSPS) is 13.0. The van der Waals surface area contributed by atoms with Crippen LogP contribution in [-0.4, -0.2) is 48.8 Å². The third kappa shape index (κ3) is 9.06. The highest BCUT2D eigenvalue weighted by atomic mass is 32.2. The smallest absolute Gasteiger partial charge is 0.303 e. The lowest BCUT2D eigenvalue weighted by molar-refractivity contribution is -0.138. The second-order valence-electron chi connectivity index (χ2n) is 5.20. The molecule has 148 valence electrons. The molecule has 0 aliphatic carbocycles. The number of rotatable bonds is 6. The predicted octanol–water partition coefficient (Wildman–Crippen LogP) is 0.363. The maximum atomic E-state index is 11.7. The molecule has 0 fully saturated rings. The molecular formula is C15H20N4O6S2. The number of anilines is 1. The SMILES string of the molecule is CC(=O)NS(=O)(=O)c1ccc(NC(=O)CCC(=O)O)cc1.NC1=NCCS1. The number of thioether (sulfide) groups is 1. The summed E-state index contributed by atoms with van der Waals surface area (Å²) in [7, 11) is -3.92. The van der Waals surface area contributed by atoms with E-state index >= 15 is 0 Å². The number of amides is 2. The van der Waals surface area contributed by atoms with Crippen LogP contribution in [0, 0.1) is 0 Å². The lowest BCUT2D eigenvalue weighted by Gasteiger charge is -2.07. The fraction of sp³-hybridized carbons (Fsp3) is 0.333. The first-order valence-electron chi connectivity index (χ1n) is 7.68. The topological polar surface area (TPSA) is 168 Å². The molecule has 0 bridgehead atoms. The maximum absolute atomic E-state index is 11.7. The number of aliphatic carboxylic acids is 1. The van der Waals surface area contributed by atoms with Gasteiger partial charge in [0.1, 0.15) is 0 Å². The van der Waals surface area contributed by atoms with Crippen LogP contribution in [0.3, 0.4) is 0 Å². The molecule has 1 aromatic carbocycles. The molecule has 5 N–H and O–H groups in total. The zero-order valence-corrected chi connectivity index (χ0v) is 16.1. The largest absolute Gasteiger partial charge is 0.481 e. The minimum atomic E-state index is -3.92. The summed E-state index contributed by atoms with van der Waals surface area (Å²) in [5, 5.41) is 11.6. The van der Waals surface area contributed by atoms with Gasteiger partial charge in [0.25, 0.3) is 10.0 Å². The van der Waals surface area contributed by atoms with Crippen molar-refractivity contribution in [1.82, 2.24) is 4.72 Å². The molecule has 1 aromatic rings. The Morgan fingerprint density at radius 1 is 1.22 bits per heavy atom. The number of sulfonamides is 1. The molecule has 0 radical (unpaired) electrons. The second-order valence-corrected chi connectivity index (χ2v) is 7.99. The van der Waals surface area contributed by atoms with Gasteiger partial charge in [-0.2, -0.15) is 0 Å². The lowest BCUT2D eigenvalue weighted by Crippen LogP contribution is -2.28. The summed E-state index contributed by atoms with van der Waals surface area (Å²) in [4.78, 5) is 36.3. The minimum Gasteiger partial charge on any atom is -0.481 e. The van der Waals surface area contributed by atoms with Gasteiger partial charge in [0.05, 0.1) is 17.9 Å². The second kappa shape index (κ2) is 10.5. The quantitative estimate of drug-likeness (QED) is 0.515. The van der Waals surface area contributed by atoms with E-state index in [1.54, 1.807) is 11.8 Å². The van der Waals surface area contributed by atoms with Crippen LogP contribution < -0.4 is 15.8 Å². The number of nitrogens with two attached hydrogens (primary N) is 1. The zero-order chi connectivity index (χ0) is 20.4. The number of carbonyl (C=O) groups is 3. The Morgan fingerprint density at radius 2 is 1.85 bits per heavy atom. The molecule has 0 aromatic heterocycles. The Labute approximate surface area is 160 Å². The summed E-state index contributed by atoms with van der Waals surface area (Å²) in [6.07, 6.45) is -0.470. The fourth-order valence-corrected chi connectivity index (χ4v) is 3.33. The van der Waals surface area contributed by atoms with Crippen molar-refractivity contribution in [2.24, 2.45) is 10.7 Å². The zero-order valence-electron chi connectivity index (χ0n) is 14.5. The molecule has 27 heavy (non-hydrogen) atoms. The number of carboxylic acid groups (broad SMARTS) is 1. The van der Waals surface area contributed by atoms with Crippen molar-refractivity contribution in [2.45, 2.75) is 24.7 Å². The maximum Gasteiger partial charge on any atom is 0.303 e. The number of amidine groups is 1. The van der Waals surface area contributed by atoms with E-state index in [1.807, 2.05) is 4.72 Å². The van der Waals surface area contributed by atoms with Crippen molar-refractivity contribution >= 4 is 50.4 Å². The number of nitrogens with zero attached hydrogens (tertiary/aromatic N) is 1. The highest BCUT2D eigenvalue weighted by molar-refractivity contribution is 8.14. The third-order valence-corrected chi connectivity index (χ3v) is 5.16. The Hall–Kier alpha value is -2.60. The van der Waals surface area contributed by atoms with Crippen LogP contribution in [-0.2, 0) is 24.4 Å². The lowest BCUT2D eigenvalue weighted by atomic mass is 10.2. The summed E-state index contributed by atoms with van der Waals surface area (Å²) in [6.45, 7) is 1.99. The van der Waals surface area contributed by atoms with Crippen molar-refractivity contribution in [3.63, 3.8) is 0 Å². The molecule has 1 heterocycles. The number of aliphatic imine (C=N–C) groups is 1. The van der Waals surface area contributed by atoms with E-state index in [0.29, 0.717) is 5.69 Å². The summed E-state index contributed by atoms with van der Waals surface area (Å²) in [6, 6.07) is 5.12. The summed E-state index contributed by atoms with van der Waals surface area (Å²) in [5.41, 5.74) is 5.57. The number of hydrogen-bond donors (Lipinski definition) is 4. The summed E-state index contributed by atoms with van der Waals surface area (Å²) in [5.74, 6) is -1.20. The number of carbonyl (C=O) groups excluding carboxylic acids is 2. The van der Waals surface area contributed by atoms with E-state index in [1.165, 1.54) is 24.3 Å². The van der Waals surface area contributed by atoms with Crippen molar-refractivity contribution in [3.8, 4) is 0 Å². The molecule has 0 atom stereocenters. The monoisotopic (exact) mass is 416 g/mol. The van der Waals surface area contributed by atoms with Crippen LogP contribution in [0.1, 0.15) is 19.8 Å². The Balaban J connectivity index is 0.000000511. The molecule has 1 aliphatic heterocycles. The van der Waals surface area contributed by atoms with E-state index in [9.17, 15) is 22.8 Å². The van der Waals surface area contributed by atoms with Gasteiger partial charge in [-0.1, -0.05) is 11.8 Å². The van der Waals surface area contributed by atoms with Crippen LogP contribution in [0.4, 0.5) is 5.69 Å². The van der Waals surface area contributed by atoms with Crippen molar-refractivity contribution in [2.75, 3.05) is 17.6 Å². The number of benzene rings is 1. The molecule has 10 nitrogen and oxygen atoms in total. The highest BCUT2D eigenvalue weighted by Crippen LogP contribution is 2.14. The van der Waals surface area contributed by atoms with Gasteiger partial charge < -0.3 is 16.2 Å². The van der Waals surface area contributed by atoms with Gasteiger partial charge in [0, 0.05) is 24.8 Å². The molecular weight excluding hydrogens is 396 g/mol. The number of carboxylic acids is 1. The van der Waals surface area contributed by atoms with E-state index in [4.69, 9.17) is 10.8 Å². The molecule has 12 heteroatoms. The Kier molecular flexibility index (Phi) is 8.75. The first-order valence-corrected chi connectivity index (χ1v) is 10.1. The van der Waals surface area contributed by atoms with Crippen molar-refractivity contribution in [3.05, 3.63) is 24.3 Å². The third-order valence-electron chi connectivity index (χ3n) is 2.90. The first kappa shape index (κ1) is 22.4. The molecule has 0 unspecified atom stereocenters. The minimum absolute atomic E-state index is 0.124. The highest BCUT2D eigenvalue weighted by Gasteiger charge is 2.15. The van der Waals surface area contributed by atoms with Crippen LogP contribution in [0.2, 0.25) is 0 Å². The molecule has 0 saturated carbocycles. The molecule has 0 saturated heterocycles. The Bertz CT molecular complexity index is 821. The van der Waals surface area contributed by atoms with Gasteiger partial charge in [-0.15, -0.1) is 0 Å². The fourth-order valence-electron chi connectivity index (χ4n) is 1.76. The number of hydrogen-bond acceptors (Lipinski definition) is 8. The molecule has 1 aliphatic rings. The first-order chi connectivity index (χ1) is 12.6. The Morgan fingerprint density at radius 3 is 2.26 bits per heavy atom. The van der Waals surface area contributed by atoms with Crippen LogP contribution >= 0.6 is 11.8 Å². The van der Waals surface area contributed by atoms with Gasteiger partial charge in [-0.25, -0.2) is 13.1 Å². The molecule has 2 amide bonds. The van der Waals surface area contributed by atoms with Gasteiger partial charge in [-0.05, 0) is 24.3 Å².